The number of rotatable bonds is 5. The molecular formula is C12H17N3O5S. The lowest BCUT2D eigenvalue weighted by Gasteiger charge is -2.12. The van der Waals surface area contributed by atoms with E-state index < -0.39 is 26.4 Å². The van der Waals surface area contributed by atoms with Crippen LogP contribution in [-0.2, 0) is 10.0 Å². The van der Waals surface area contributed by atoms with Gasteiger partial charge in [0.25, 0.3) is 0 Å². The molecule has 1 unspecified atom stereocenters. The van der Waals surface area contributed by atoms with Gasteiger partial charge in [-0.1, -0.05) is 0 Å². The molecule has 2 rings (SSSR count). The van der Waals surface area contributed by atoms with Crippen molar-refractivity contribution < 1.29 is 18.4 Å². The van der Waals surface area contributed by atoms with E-state index in [-0.39, 0.29) is 10.8 Å². The molecule has 1 aromatic rings. The molecule has 0 bridgehead atoms. The van der Waals surface area contributed by atoms with Gasteiger partial charge in [-0.05, 0) is 38.1 Å². The second-order valence-corrected chi connectivity index (χ2v) is 6.94. The van der Waals surface area contributed by atoms with Gasteiger partial charge in [-0.15, -0.1) is 0 Å². The molecule has 1 aliphatic rings. The van der Waals surface area contributed by atoms with Gasteiger partial charge in [0.2, 0.25) is 10.0 Å². The maximum absolute atomic E-state index is 12.1. The minimum absolute atomic E-state index is 0.224. The van der Waals surface area contributed by atoms with Crippen molar-refractivity contribution in [3.05, 3.63) is 28.3 Å². The Morgan fingerprint density at radius 2 is 2.24 bits per heavy atom. The third kappa shape index (κ3) is 3.69. The Labute approximate surface area is 122 Å². The van der Waals surface area contributed by atoms with Gasteiger partial charge in [0.15, 0.2) is 5.75 Å². The Balaban J connectivity index is 2.12. The third-order valence-corrected chi connectivity index (χ3v) is 4.93. The van der Waals surface area contributed by atoms with Gasteiger partial charge in [-0.3, -0.25) is 10.1 Å². The lowest BCUT2D eigenvalue weighted by molar-refractivity contribution is -0.386. The first-order valence-electron chi connectivity index (χ1n) is 6.45. The highest BCUT2D eigenvalue weighted by molar-refractivity contribution is 7.89. The Hall–Kier alpha value is -1.71. The number of benzene rings is 1. The quantitative estimate of drug-likeness (QED) is 0.605. The van der Waals surface area contributed by atoms with Crippen molar-refractivity contribution in [2.75, 3.05) is 26.7 Å². The first kappa shape index (κ1) is 15.7. The Kier molecular flexibility index (Phi) is 4.45. The summed E-state index contributed by atoms with van der Waals surface area (Å²) in [6, 6.07) is 3.01. The molecule has 1 aromatic carbocycles. The van der Waals surface area contributed by atoms with E-state index >= 15 is 0 Å². The number of nitro groups is 1. The zero-order chi connectivity index (χ0) is 15.6. The van der Waals surface area contributed by atoms with E-state index in [1.165, 1.54) is 0 Å². The van der Waals surface area contributed by atoms with E-state index in [4.69, 9.17) is 0 Å². The summed E-state index contributed by atoms with van der Waals surface area (Å²) in [6.07, 6.45) is 0.911. The average molecular weight is 315 g/mol. The maximum Gasteiger partial charge on any atom is 0.312 e. The fraction of sp³-hybridized carbons (Fsp3) is 0.500. The molecule has 2 N–H and O–H groups in total. The number of hydrogen-bond donors (Lipinski definition) is 2. The van der Waals surface area contributed by atoms with Crippen molar-refractivity contribution in [3.63, 3.8) is 0 Å². The molecule has 0 radical (unpaired) electrons. The fourth-order valence-corrected chi connectivity index (χ4v) is 3.46. The summed E-state index contributed by atoms with van der Waals surface area (Å²) >= 11 is 0. The first-order chi connectivity index (χ1) is 9.79. The van der Waals surface area contributed by atoms with Crippen molar-refractivity contribution in [2.45, 2.75) is 11.3 Å². The summed E-state index contributed by atoms with van der Waals surface area (Å²) in [7, 11) is -1.85. The topological polar surface area (TPSA) is 113 Å². The standard InChI is InChI=1S/C12H17N3O5S/c1-14-5-4-9(8-14)7-13-21(19,20)10-2-3-12(16)11(6-10)15(17)18/h2-3,6,9,13,16H,4-5,7-8H2,1H3. The van der Waals surface area contributed by atoms with E-state index in [0.29, 0.717) is 6.54 Å². The smallest absolute Gasteiger partial charge is 0.312 e. The van der Waals surface area contributed by atoms with Gasteiger partial charge in [0, 0.05) is 19.2 Å². The van der Waals surface area contributed by atoms with Crippen LogP contribution in [-0.4, -0.2) is 50.0 Å². The summed E-state index contributed by atoms with van der Waals surface area (Å²) in [6.45, 7) is 2.04. The molecule has 21 heavy (non-hydrogen) atoms. The number of nitrogens with zero attached hydrogens (tertiary/aromatic N) is 2. The number of nitro benzene ring substituents is 1. The molecule has 1 fully saturated rings. The van der Waals surface area contributed by atoms with Crippen LogP contribution in [0.15, 0.2) is 23.1 Å². The van der Waals surface area contributed by atoms with Crippen molar-refractivity contribution in [1.29, 1.82) is 0 Å². The molecule has 1 aliphatic heterocycles. The number of phenols is 1. The predicted octanol–water partition coefficient (Wildman–Crippen LogP) is 0.530. The molecule has 9 heteroatoms. The van der Waals surface area contributed by atoms with Crippen LogP contribution in [0.3, 0.4) is 0 Å². The molecule has 116 valence electrons. The van der Waals surface area contributed by atoms with Crippen LogP contribution in [0.25, 0.3) is 0 Å². The van der Waals surface area contributed by atoms with Crippen LogP contribution in [0.1, 0.15) is 6.42 Å². The van der Waals surface area contributed by atoms with E-state index in [2.05, 4.69) is 9.62 Å². The van der Waals surface area contributed by atoms with Gasteiger partial charge < -0.3 is 10.0 Å². The van der Waals surface area contributed by atoms with Crippen LogP contribution in [0.5, 0.6) is 5.75 Å². The van der Waals surface area contributed by atoms with E-state index in [9.17, 15) is 23.6 Å². The molecular weight excluding hydrogens is 298 g/mol. The van der Waals surface area contributed by atoms with E-state index in [1.807, 2.05) is 7.05 Å². The minimum Gasteiger partial charge on any atom is -0.502 e. The van der Waals surface area contributed by atoms with Gasteiger partial charge in [-0.25, -0.2) is 13.1 Å². The number of aromatic hydroxyl groups is 1. The average Bonchev–Trinajstić information content (AvgIpc) is 2.82. The SMILES string of the molecule is CN1CCC(CNS(=O)(=O)c2ccc(O)c([N+](=O)[O-])c2)C1. The molecule has 0 spiro atoms. The second-order valence-electron chi connectivity index (χ2n) is 5.18. The summed E-state index contributed by atoms with van der Waals surface area (Å²) in [5.74, 6) is -0.326. The molecule has 0 amide bonds. The lowest BCUT2D eigenvalue weighted by atomic mass is 10.1. The molecule has 0 aromatic heterocycles. The number of hydrogen-bond acceptors (Lipinski definition) is 6. The molecule has 1 atom stereocenters. The van der Waals surface area contributed by atoms with Crippen molar-refractivity contribution in [1.82, 2.24) is 9.62 Å². The highest BCUT2D eigenvalue weighted by Gasteiger charge is 2.24. The van der Waals surface area contributed by atoms with Crippen LogP contribution in [0, 0.1) is 16.0 Å². The summed E-state index contributed by atoms with van der Waals surface area (Å²) in [5.41, 5.74) is -0.626. The van der Waals surface area contributed by atoms with Crippen LogP contribution in [0.4, 0.5) is 5.69 Å². The molecule has 0 aliphatic carbocycles. The zero-order valence-electron chi connectivity index (χ0n) is 11.5. The normalized spacial score (nSPS) is 19.8. The number of nitrogens with one attached hydrogen (secondary N) is 1. The second kappa shape index (κ2) is 5.96. The molecule has 1 heterocycles. The van der Waals surface area contributed by atoms with E-state index in [1.54, 1.807) is 0 Å². The highest BCUT2D eigenvalue weighted by atomic mass is 32.2. The van der Waals surface area contributed by atoms with Crippen molar-refractivity contribution >= 4 is 15.7 Å². The number of sulfonamides is 1. The number of phenolic OH excluding ortho intramolecular Hbond substituents is 1. The lowest BCUT2D eigenvalue weighted by Crippen LogP contribution is -2.30. The fourth-order valence-electron chi connectivity index (χ4n) is 2.32. The van der Waals surface area contributed by atoms with Gasteiger partial charge in [-0.2, -0.15) is 0 Å². The monoisotopic (exact) mass is 315 g/mol. The summed E-state index contributed by atoms with van der Waals surface area (Å²) in [4.78, 5) is 11.8. The van der Waals surface area contributed by atoms with Gasteiger partial charge in [0.05, 0.1) is 9.82 Å². The molecule has 0 saturated carbocycles. The Morgan fingerprint density at radius 3 is 2.81 bits per heavy atom. The van der Waals surface area contributed by atoms with Crippen LogP contribution in [0.2, 0.25) is 0 Å². The van der Waals surface area contributed by atoms with Crippen molar-refractivity contribution in [2.24, 2.45) is 5.92 Å². The summed E-state index contributed by atoms with van der Waals surface area (Å²) < 4.78 is 26.7. The molecule has 8 nitrogen and oxygen atoms in total. The Bertz CT molecular complexity index is 646. The third-order valence-electron chi connectivity index (χ3n) is 3.50. The van der Waals surface area contributed by atoms with Gasteiger partial charge >= 0.3 is 5.69 Å². The summed E-state index contributed by atoms with van der Waals surface area (Å²) in [5, 5.41) is 20.1. The first-order valence-corrected chi connectivity index (χ1v) is 7.93. The van der Waals surface area contributed by atoms with Crippen LogP contribution >= 0.6 is 0 Å². The highest BCUT2D eigenvalue weighted by Crippen LogP contribution is 2.28. The van der Waals surface area contributed by atoms with Crippen LogP contribution < -0.4 is 4.72 Å². The largest absolute Gasteiger partial charge is 0.502 e. The van der Waals surface area contributed by atoms with Crippen molar-refractivity contribution in [3.8, 4) is 5.75 Å². The molecule has 1 saturated heterocycles. The van der Waals surface area contributed by atoms with E-state index in [0.717, 1.165) is 37.7 Å². The predicted molar refractivity (Wildman–Crippen MR) is 75.6 cm³/mol. The van der Waals surface area contributed by atoms with Gasteiger partial charge in [0.1, 0.15) is 0 Å². The number of likely N-dealkylation sites (tertiary alicyclic amines) is 1. The zero-order valence-corrected chi connectivity index (χ0v) is 12.3. The maximum atomic E-state index is 12.1. The minimum atomic E-state index is -3.82. The Morgan fingerprint density at radius 1 is 1.52 bits per heavy atom.